The second-order valence-electron chi connectivity index (χ2n) is 5.80. The van der Waals surface area contributed by atoms with Crippen molar-refractivity contribution in [2.45, 2.75) is 40.2 Å². The Morgan fingerprint density at radius 1 is 1.44 bits per heavy atom. The summed E-state index contributed by atoms with van der Waals surface area (Å²) in [6.45, 7) is 11.2. The van der Waals surface area contributed by atoms with Crippen LogP contribution in [-0.2, 0) is 6.54 Å². The predicted octanol–water partition coefficient (Wildman–Crippen LogP) is 3.13. The van der Waals surface area contributed by atoms with Crippen molar-refractivity contribution in [1.29, 1.82) is 0 Å². The maximum absolute atomic E-state index is 4.57. The molecule has 1 N–H and O–H groups in total. The minimum absolute atomic E-state index is 0.709. The number of aromatic nitrogens is 1. The van der Waals surface area contributed by atoms with Crippen molar-refractivity contribution in [1.82, 2.24) is 10.3 Å². The van der Waals surface area contributed by atoms with Crippen molar-refractivity contribution in [3.8, 4) is 0 Å². The quantitative estimate of drug-likeness (QED) is 0.888. The first kappa shape index (κ1) is 13.8. The maximum Gasteiger partial charge on any atom is 0.185 e. The molecule has 0 amide bonds. The van der Waals surface area contributed by atoms with Crippen LogP contribution in [0.5, 0.6) is 0 Å². The number of thiazole rings is 1. The molecular formula is C14H25N3S. The summed E-state index contributed by atoms with van der Waals surface area (Å²) in [5.41, 5.74) is 0. The number of piperidine rings is 1. The zero-order chi connectivity index (χ0) is 13.0. The lowest BCUT2D eigenvalue weighted by molar-refractivity contribution is 0.438. The van der Waals surface area contributed by atoms with Gasteiger partial charge in [0.05, 0.1) is 0 Å². The van der Waals surface area contributed by atoms with E-state index in [0.717, 1.165) is 19.0 Å². The summed E-state index contributed by atoms with van der Waals surface area (Å²) in [6.07, 6.45) is 4.65. The van der Waals surface area contributed by atoms with E-state index in [1.807, 2.05) is 17.5 Å². The molecule has 0 bridgehead atoms. The van der Waals surface area contributed by atoms with Gasteiger partial charge in [-0.3, -0.25) is 0 Å². The lowest BCUT2D eigenvalue weighted by Crippen LogP contribution is -2.32. The molecule has 4 heteroatoms. The van der Waals surface area contributed by atoms with Gasteiger partial charge in [-0.1, -0.05) is 20.8 Å². The average Bonchev–Trinajstić information content (AvgIpc) is 2.78. The van der Waals surface area contributed by atoms with E-state index in [2.05, 4.69) is 36.0 Å². The highest BCUT2D eigenvalue weighted by Crippen LogP contribution is 2.27. The smallest absolute Gasteiger partial charge is 0.185 e. The number of hydrogen-bond donors (Lipinski definition) is 1. The van der Waals surface area contributed by atoms with Crippen LogP contribution in [0.1, 0.15) is 38.5 Å². The Hall–Kier alpha value is -0.610. The van der Waals surface area contributed by atoms with Crippen molar-refractivity contribution in [3.05, 3.63) is 11.1 Å². The number of nitrogens with zero attached hydrogens (tertiary/aromatic N) is 2. The Bertz CT molecular complexity index is 354. The number of nitrogens with one attached hydrogen (secondary N) is 1. The van der Waals surface area contributed by atoms with Crippen LogP contribution >= 0.6 is 11.3 Å². The highest BCUT2D eigenvalue weighted by molar-refractivity contribution is 7.15. The van der Waals surface area contributed by atoms with E-state index in [1.165, 1.54) is 35.9 Å². The van der Waals surface area contributed by atoms with E-state index in [1.54, 1.807) is 0 Å². The summed E-state index contributed by atoms with van der Waals surface area (Å²) in [4.78, 5) is 8.36. The highest BCUT2D eigenvalue weighted by atomic mass is 32.1. The fourth-order valence-electron chi connectivity index (χ4n) is 2.21. The summed E-state index contributed by atoms with van der Waals surface area (Å²) in [7, 11) is 0. The standard InChI is InChI=1S/C14H25N3S/c1-11(2)8-15-9-13-10-16-14(18-13)17-6-4-12(3)5-7-17/h10-12,15H,4-9H2,1-3H3. The van der Waals surface area contributed by atoms with Gasteiger partial charge in [0.1, 0.15) is 0 Å². The van der Waals surface area contributed by atoms with E-state index >= 15 is 0 Å². The molecule has 102 valence electrons. The van der Waals surface area contributed by atoms with Crippen LogP contribution in [0.2, 0.25) is 0 Å². The van der Waals surface area contributed by atoms with E-state index in [4.69, 9.17) is 0 Å². The first-order valence-electron chi connectivity index (χ1n) is 7.05. The van der Waals surface area contributed by atoms with Gasteiger partial charge in [0, 0.05) is 30.7 Å². The molecule has 0 radical (unpaired) electrons. The second-order valence-corrected chi connectivity index (χ2v) is 6.90. The minimum atomic E-state index is 0.709. The van der Waals surface area contributed by atoms with E-state index < -0.39 is 0 Å². The molecule has 2 heterocycles. The second kappa shape index (κ2) is 6.53. The molecule has 2 rings (SSSR count). The maximum atomic E-state index is 4.57. The molecule has 0 saturated carbocycles. The average molecular weight is 267 g/mol. The van der Waals surface area contributed by atoms with Gasteiger partial charge in [0.25, 0.3) is 0 Å². The Morgan fingerprint density at radius 3 is 2.83 bits per heavy atom. The van der Waals surface area contributed by atoms with Crippen molar-refractivity contribution < 1.29 is 0 Å². The summed E-state index contributed by atoms with van der Waals surface area (Å²) < 4.78 is 0. The molecule has 3 nitrogen and oxygen atoms in total. The van der Waals surface area contributed by atoms with Crippen LogP contribution in [0.25, 0.3) is 0 Å². The third-order valence-electron chi connectivity index (χ3n) is 3.45. The zero-order valence-corrected chi connectivity index (χ0v) is 12.6. The Labute approximate surface area is 115 Å². The predicted molar refractivity (Wildman–Crippen MR) is 79.3 cm³/mol. The van der Waals surface area contributed by atoms with Crippen LogP contribution < -0.4 is 10.2 Å². The van der Waals surface area contributed by atoms with Crippen molar-refractivity contribution in [2.75, 3.05) is 24.5 Å². The fourth-order valence-corrected chi connectivity index (χ4v) is 3.14. The molecular weight excluding hydrogens is 242 g/mol. The van der Waals surface area contributed by atoms with Gasteiger partial charge in [0.2, 0.25) is 0 Å². The number of anilines is 1. The Morgan fingerprint density at radius 2 is 2.17 bits per heavy atom. The molecule has 0 aromatic carbocycles. The van der Waals surface area contributed by atoms with Gasteiger partial charge in [0.15, 0.2) is 5.13 Å². The van der Waals surface area contributed by atoms with Crippen molar-refractivity contribution in [3.63, 3.8) is 0 Å². The zero-order valence-electron chi connectivity index (χ0n) is 11.8. The lowest BCUT2D eigenvalue weighted by Gasteiger charge is -2.29. The van der Waals surface area contributed by atoms with E-state index in [9.17, 15) is 0 Å². The Kier molecular flexibility index (Phi) is 5.01. The van der Waals surface area contributed by atoms with E-state index in [0.29, 0.717) is 5.92 Å². The van der Waals surface area contributed by atoms with Crippen LogP contribution in [0.3, 0.4) is 0 Å². The van der Waals surface area contributed by atoms with Crippen LogP contribution in [0.4, 0.5) is 5.13 Å². The van der Waals surface area contributed by atoms with E-state index in [-0.39, 0.29) is 0 Å². The molecule has 1 saturated heterocycles. The molecule has 0 aliphatic carbocycles. The molecule has 1 aliphatic rings. The van der Waals surface area contributed by atoms with Crippen molar-refractivity contribution in [2.24, 2.45) is 11.8 Å². The highest BCUT2D eigenvalue weighted by Gasteiger charge is 2.18. The first-order valence-corrected chi connectivity index (χ1v) is 7.87. The van der Waals surface area contributed by atoms with Gasteiger partial charge in [-0.25, -0.2) is 4.98 Å². The van der Waals surface area contributed by atoms with Crippen molar-refractivity contribution >= 4 is 16.5 Å². The topological polar surface area (TPSA) is 28.2 Å². The molecule has 1 aromatic heterocycles. The normalized spacial score (nSPS) is 17.7. The molecule has 0 atom stereocenters. The van der Waals surface area contributed by atoms with Gasteiger partial charge >= 0.3 is 0 Å². The lowest BCUT2D eigenvalue weighted by atomic mass is 10.00. The monoisotopic (exact) mass is 267 g/mol. The van der Waals surface area contributed by atoms with Gasteiger partial charge < -0.3 is 10.2 Å². The van der Waals surface area contributed by atoms with Gasteiger partial charge in [-0.15, -0.1) is 11.3 Å². The van der Waals surface area contributed by atoms with Crippen LogP contribution in [0.15, 0.2) is 6.20 Å². The summed E-state index contributed by atoms with van der Waals surface area (Å²) in [5.74, 6) is 1.59. The SMILES string of the molecule is CC(C)CNCc1cnc(N2CCC(C)CC2)s1. The van der Waals surface area contributed by atoms with Crippen LogP contribution in [-0.4, -0.2) is 24.6 Å². The Balaban J connectivity index is 1.82. The third kappa shape index (κ3) is 3.95. The van der Waals surface area contributed by atoms with Gasteiger partial charge in [-0.2, -0.15) is 0 Å². The molecule has 1 aliphatic heterocycles. The molecule has 1 aromatic rings. The minimum Gasteiger partial charge on any atom is -0.348 e. The largest absolute Gasteiger partial charge is 0.348 e. The van der Waals surface area contributed by atoms with Gasteiger partial charge in [-0.05, 0) is 31.2 Å². The summed E-state index contributed by atoms with van der Waals surface area (Å²) in [6, 6.07) is 0. The molecule has 1 fully saturated rings. The molecule has 0 unspecified atom stereocenters. The third-order valence-corrected chi connectivity index (χ3v) is 4.51. The van der Waals surface area contributed by atoms with Crippen LogP contribution in [0, 0.1) is 11.8 Å². The summed E-state index contributed by atoms with van der Waals surface area (Å²) in [5, 5.41) is 4.69. The molecule has 0 spiro atoms. The molecule has 18 heavy (non-hydrogen) atoms. The first-order chi connectivity index (χ1) is 8.65. The fraction of sp³-hybridized carbons (Fsp3) is 0.786. The number of hydrogen-bond acceptors (Lipinski definition) is 4. The summed E-state index contributed by atoms with van der Waals surface area (Å²) >= 11 is 1.84. The number of rotatable bonds is 5.